The number of nitrogens with zero attached hydrogens (tertiary/aromatic N) is 1. The van der Waals surface area contributed by atoms with E-state index in [4.69, 9.17) is 18.5 Å². The lowest BCUT2D eigenvalue weighted by Crippen LogP contribution is -2.37. The summed E-state index contributed by atoms with van der Waals surface area (Å²) in [6.07, 6.45) is 80.2. The third kappa shape index (κ3) is 64.9. The molecule has 10 heteroatoms. The molecule has 80 heavy (non-hydrogen) atoms. The van der Waals surface area contributed by atoms with Crippen LogP contribution in [0.1, 0.15) is 322 Å². The lowest BCUT2D eigenvalue weighted by atomic mass is 10.0. The topological polar surface area (TPSA) is 111 Å². The number of likely N-dealkylation sites (N-methyl/N-ethyl adjacent to an activating group) is 1. The minimum absolute atomic E-state index is 0.0281. The molecule has 0 aliphatic rings. The first kappa shape index (κ1) is 77.7. The van der Waals surface area contributed by atoms with Crippen molar-refractivity contribution in [2.24, 2.45) is 0 Å². The number of quaternary nitrogens is 1. The number of phosphoric ester groups is 1. The van der Waals surface area contributed by atoms with Crippen molar-refractivity contribution in [3.8, 4) is 0 Å². The molecule has 0 rings (SSSR count). The second-order valence-corrected chi connectivity index (χ2v) is 25.6. The second-order valence-electron chi connectivity index (χ2n) is 24.2. The summed E-state index contributed by atoms with van der Waals surface area (Å²) in [5, 5.41) is 0. The van der Waals surface area contributed by atoms with Gasteiger partial charge in [-0.3, -0.25) is 14.2 Å². The zero-order valence-corrected chi connectivity index (χ0v) is 54.2. The Balaban J connectivity index is 3.92. The molecule has 0 bridgehead atoms. The summed E-state index contributed by atoms with van der Waals surface area (Å²) in [6.45, 7) is 4.18. The van der Waals surface area contributed by atoms with E-state index in [1.54, 1.807) is 0 Å². The van der Waals surface area contributed by atoms with Crippen molar-refractivity contribution in [2.75, 3.05) is 47.5 Å². The normalized spacial score (nSPS) is 13.5. The predicted molar refractivity (Wildman–Crippen MR) is 342 cm³/mol. The average molecular weight is 1140 g/mol. The summed E-state index contributed by atoms with van der Waals surface area (Å²) in [7, 11) is 1.18. The van der Waals surface area contributed by atoms with Crippen LogP contribution in [0.5, 0.6) is 0 Å². The van der Waals surface area contributed by atoms with E-state index in [2.05, 4.69) is 74.6 Å². The van der Waals surface area contributed by atoms with Gasteiger partial charge < -0.3 is 27.9 Å². The largest absolute Gasteiger partial charge is 0.756 e. The number of hydrogen-bond acceptors (Lipinski definition) is 8. The number of esters is 2. The van der Waals surface area contributed by atoms with Crippen LogP contribution in [-0.2, 0) is 32.7 Å². The number of allylic oxidation sites excluding steroid dienone is 10. The molecule has 2 atom stereocenters. The van der Waals surface area contributed by atoms with Gasteiger partial charge in [-0.25, -0.2) is 0 Å². The Kier molecular flexibility index (Phi) is 59.5. The van der Waals surface area contributed by atoms with Gasteiger partial charge in [-0.05, 0) is 57.8 Å². The smallest absolute Gasteiger partial charge is 0.306 e. The Morgan fingerprint density at radius 2 is 0.713 bits per heavy atom. The van der Waals surface area contributed by atoms with Crippen LogP contribution in [0.2, 0.25) is 0 Å². The Bertz CT molecular complexity index is 1530. The standard InChI is InChI=1S/C70H130NO8P/c1-6-8-10-12-14-16-18-20-22-24-25-26-27-28-29-30-31-32-33-34-35-36-37-38-39-40-41-42-43-44-45-47-49-51-53-55-57-59-61-63-70(73)79-68(67-78-80(74,75)77-65-64-71(3,4)5)66-76-69(72)62-60-58-56-54-52-50-48-46-23-21-19-17-15-13-11-9-7-2/h8,10,14,16,20,22,25-26,28-29,68H,6-7,9,11-13,15,17-19,21,23-24,27,30-67H2,1-5H3/b10-8-,16-14-,22-20-,26-25-,29-28-. The molecule has 0 aliphatic heterocycles. The molecular weight excluding hydrogens is 1010 g/mol. The number of unbranched alkanes of at least 4 members (excludes halogenated alkanes) is 39. The number of rotatable bonds is 63. The highest BCUT2D eigenvalue weighted by atomic mass is 31.2. The predicted octanol–water partition coefficient (Wildman–Crippen LogP) is 21.2. The van der Waals surface area contributed by atoms with Gasteiger partial charge in [-0.2, -0.15) is 0 Å². The summed E-state index contributed by atoms with van der Waals surface area (Å²) in [6, 6.07) is 0. The molecule has 9 nitrogen and oxygen atoms in total. The third-order valence-corrected chi connectivity index (χ3v) is 16.0. The molecule has 0 radical (unpaired) electrons. The molecule has 0 spiro atoms. The Hall–Kier alpha value is -2.29. The number of hydrogen-bond donors (Lipinski definition) is 0. The van der Waals surface area contributed by atoms with Crippen LogP contribution in [0.25, 0.3) is 0 Å². The van der Waals surface area contributed by atoms with E-state index >= 15 is 0 Å². The third-order valence-electron chi connectivity index (χ3n) is 15.1. The van der Waals surface area contributed by atoms with Crippen LogP contribution in [0, 0.1) is 0 Å². The zero-order chi connectivity index (χ0) is 58.4. The molecule has 0 saturated heterocycles. The second kappa shape index (κ2) is 61.3. The molecule has 0 fully saturated rings. The molecule has 468 valence electrons. The number of carbonyl (C=O) groups excluding carboxylic acids is 2. The van der Waals surface area contributed by atoms with Crippen LogP contribution in [0.15, 0.2) is 60.8 Å². The fraction of sp³-hybridized carbons (Fsp3) is 0.829. The van der Waals surface area contributed by atoms with Gasteiger partial charge >= 0.3 is 11.9 Å². The molecule has 0 N–H and O–H groups in total. The van der Waals surface area contributed by atoms with Crippen molar-refractivity contribution in [1.29, 1.82) is 0 Å². The molecule has 0 aromatic rings. The molecule has 0 heterocycles. The van der Waals surface area contributed by atoms with Gasteiger partial charge in [0, 0.05) is 12.8 Å². The molecular formula is C70H130NO8P. The van der Waals surface area contributed by atoms with E-state index in [-0.39, 0.29) is 32.0 Å². The van der Waals surface area contributed by atoms with Crippen molar-refractivity contribution < 1.29 is 42.1 Å². The van der Waals surface area contributed by atoms with Crippen LogP contribution in [-0.4, -0.2) is 70.0 Å². The number of carbonyl (C=O) groups is 2. The van der Waals surface area contributed by atoms with Gasteiger partial charge in [-0.1, -0.05) is 312 Å². The minimum Gasteiger partial charge on any atom is -0.756 e. The monoisotopic (exact) mass is 1140 g/mol. The maximum Gasteiger partial charge on any atom is 0.306 e. The Morgan fingerprint density at radius 3 is 1.06 bits per heavy atom. The summed E-state index contributed by atoms with van der Waals surface area (Å²) in [4.78, 5) is 38.0. The van der Waals surface area contributed by atoms with Crippen molar-refractivity contribution >= 4 is 19.8 Å². The van der Waals surface area contributed by atoms with Gasteiger partial charge in [0.2, 0.25) is 0 Å². The average Bonchev–Trinajstić information content (AvgIpc) is 3.42. The SMILES string of the molecule is CC/C=C\C/C=C\C/C=C\C/C=C\C/C=C\CCCCCCCCCCCCCCCCCCCCCCCCCC(=O)OC(COC(=O)CCCCCCCCCCCCCCCCCCC)COP(=O)([O-])OCC[N+](C)(C)C. The van der Waals surface area contributed by atoms with Crippen LogP contribution < -0.4 is 4.89 Å². The fourth-order valence-corrected chi connectivity index (χ4v) is 10.6. The quantitative estimate of drug-likeness (QED) is 0.0195. The maximum atomic E-state index is 12.8. The lowest BCUT2D eigenvalue weighted by Gasteiger charge is -2.28. The highest BCUT2D eigenvalue weighted by Gasteiger charge is 2.22. The van der Waals surface area contributed by atoms with E-state index in [0.29, 0.717) is 17.4 Å². The summed E-state index contributed by atoms with van der Waals surface area (Å²) in [5.41, 5.74) is 0. The van der Waals surface area contributed by atoms with Gasteiger partial charge in [-0.15, -0.1) is 0 Å². The molecule has 0 aliphatic carbocycles. The molecule has 0 amide bonds. The van der Waals surface area contributed by atoms with Gasteiger partial charge in [0.25, 0.3) is 7.82 Å². The van der Waals surface area contributed by atoms with E-state index in [1.165, 1.54) is 225 Å². The number of phosphoric acid groups is 1. The van der Waals surface area contributed by atoms with Crippen LogP contribution in [0.3, 0.4) is 0 Å². The van der Waals surface area contributed by atoms with Gasteiger partial charge in [0.15, 0.2) is 6.10 Å². The van der Waals surface area contributed by atoms with Crippen molar-refractivity contribution in [1.82, 2.24) is 0 Å². The Labute approximate surface area is 496 Å². The fourth-order valence-electron chi connectivity index (χ4n) is 9.86. The summed E-state index contributed by atoms with van der Waals surface area (Å²) < 4.78 is 34.3. The summed E-state index contributed by atoms with van der Waals surface area (Å²) in [5.74, 6) is -0.814. The zero-order valence-electron chi connectivity index (χ0n) is 53.3. The van der Waals surface area contributed by atoms with Crippen LogP contribution in [0.4, 0.5) is 0 Å². The van der Waals surface area contributed by atoms with E-state index < -0.39 is 26.5 Å². The minimum atomic E-state index is -4.63. The van der Waals surface area contributed by atoms with E-state index in [1.807, 2.05) is 21.1 Å². The van der Waals surface area contributed by atoms with E-state index in [9.17, 15) is 19.0 Å². The molecule has 0 saturated carbocycles. The highest BCUT2D eigenvalue weighted by Crippen LogP contribution is 2.38. The van der Waals surface area contributed by atoms with E-state index in [0.717, 1.165) is 64.2 Å². The van der Waals surface area contributed by atoms with Gasteiger partial charge in [0.05, 0.1) is 27.7 Å². The van der Waals surface area contributed by atoms with Gasteiger partial charge in [0.1, 0.15) is 19.8 Å². The maximum absolute atomic E-state index is 12.8. The highest BCUT2D eigenvalue weighted by molar-refractivity contribution is 7.45. The molecule has 0 aromatic carbocycles. The first-order valence-corrected chi connectivity index (χ1v) is 35.5. The molecule has 2 unspecified atom stereocenters. The Morgan fingerprint density at radius 1 is 0.400 bits per heavy atom. The van der Waals surface area contributed by atoms with Crippen molar-refractivity contribution in [2.45, 2.75) is 328 Å². The van der Waals surface area contributed by atoms with Crippen molar-refractivity contribution in [3.63, 3.8) is 0 Å². The lowest BCUT2D eigenvalue weighted by molar-refractivity contribution is -0.870. The number of ether oxygens (including phenoxy) is 2. The van der Waals surface area contributed by atoms with Crippen LogP contribution >= 0.6 is 7.82 Å². The first-order valence-electron chi connectivity index (χ1n) is 34.0. The summed E-state index contributed by atoms with van der Waals surface area (Å²) >= 11 is 0. The van der Waals surface area contributed by atoms with Crippen molar-refractivity contribution in [3.05, 3.63) is 60.8 Å². The molecule has 0 aromatic heterocycles. The first-order chi connectivity index (χ1) is 39.0.